The quantitative estimate of drug-likeness (QED) is 0.827. The smallest absolute Gasteiger partial charge is 0.434 e. The van der Waals surface area contributed by atoms with E-state index in [0.29, 0.717) is 31.1 Å². The molecule has 6 nitrogen and oxygen atoms in total. The van der Waals surface area contributed by atoms with Crippen LogP contribution in [0.3, 0.4) is 0 Å². The third kappa shape index (κ3) is 3.46. The Hall–Kier alpha value is -2.68. The molecular weight excluding hydrogens is 361 g/mol. The molecule has 0 aliphatic carbocycles. The number of fused-ring (bicyclic) bond motifs is 1. The second-order valence-corrected chi connectivity index (χ2v) is 6.67. The van der Waals surface area contributed by atoms with Crippen LogP contribution in [0.1, 0.15) is 0 Å². The van der Waals surface area contributed by atoms with Crippen LogP contribution >= 0.6 is 0 Å². The van der Waals surface area contributed by atoms with Crippen LogP contribution in [0.2, 0.25) is 0 Å². The standard InChI is InChI=1S/C18H17F3N4O2/c19-18(20,21)17(26)27-16-13-9-22-8-12(13)10-25(16)15-7-6-14(23-24-15)11-4-2-1-3-5-11/h1-7,12-13,16,22H,8-10H2. The van der Waals surface area contributed by atoms with E-state index in [1.807, 2.05) is 30.3 Å². The normalized spacial score (nSPS) is 24.7. The Bertz CT molecular complexity index is 814. The van der Waals surface area contributed by atoms with Gasteiger partial charge >= 0.3 is 12.1 Å². The van der Waals surface area contributed by atoms with Gasteiger partial charge in [-0.15, -0.1) is 10.2 Å². The molecule has 3 atom stereocenters. The van der Waals surface area contributed by atoms with Crippen LogP contribution in [0.25, 0.3) is 11.3 Å². The number of alkyl halides is 3. The number of aromatic nitrogens is 2. The molecule has 3 unspecified atom stereocenters. The van der Waals surface area contributed by atoms with Crippen molar-refractivity contribution in [3.63, 3.8) is 0 Å². The van der Waals surface area contributed by atoms with E-state index in [0.717, 1.165) is 5.56 Å². The van der Waals surface area contributed by atoms with Crippen molar-refractivity contribution in [2.24, 2.45) is 11.8 Å². The molecule has 4 rings (SSSR count). The van der Waals surface area contributed by atoms with E-state index < -0.39 is 18.4 Å². The Balaban J connectivity index is 1.58. The average Bonchev–Trinajstić information content (AvgIpc) is 3.24. The molecule has 1 N–H and O–H groups in total. The number of carbonyl (C=O) groups is 1. The van der Waals surface area contributed by atoms with Gasteiger partial charge in [0.25, 0.3) is 0 Å². The van der Waals surface area contributed by atoms with Crippen molar-refractivity contribution in [2.45, 2.75) is 12.4 Å². The predicted molar refractivity (Wildman–Crippen MR) is 90.6 cm³/mol. The molecule has 0 amide bonds. The number of benzene rings is 1. The van der Waals surface area contributed by atoms with Crippen LogP contribution in [0.15, 0.2) is 42.5 Å². The van der Waals surface area contributed by atoms with Gasteiger partial charge in [-0.1, -0.05) is 30.3 Å². The fourth-order valence-electron chi connectivity index (χ4n) is 3.67. The average molecular weight is 378 g/mol. The molecule has 1 aromatic heterocycles. The lowest BCUT2D eigenvalue weighted by Crippen LogP contribution is -2.42. The summed E-state index contributed by atoms with van der Waals surface area (Å²) in [5, 5.41) is 11.5. The molecule has 2 aliphatic heterocycles. The summed E-state index contributed by atoms with van der Waals surface area (Å²) >= 11 is 0. The van der Waals surface area contributed by atoms with Gasteiger partial charge in [0, 0.05) is 31.1 Å². The lowest BCUT2D eigenvalue weighted by molar-refractivity contribution is -0.206. The molecule has 3 heterocycles. The van der Waals surface area contributed by atoms with E-state index in [-0.39, 0.29) is 11.8 Å². The van der Waals surface area contributed by atoms with Crippen molar-refractivity contribution in [2.75, 3.05) is 24.5 Å². The highest BCUT2D eigenvalue weighted by Crippen LogP contribution is 2.37. The van der Waals surface area contributed by atoms with E-state index >= 15 is 0 Å². The van der Waals surface area contributed by atoms with Crippen LogP contribution in [0, 0.1) is 11.8 Å². The molecule has 2 fully saturated rings. The molecular formula is C18H17F3N4O2. The highest BCUT2D eigenvalue weighted by atomic mass is 19.4. The van der Waals surface area contributed by atoms with E-state index in [1.54, 1.807) is 17.0 Å². The molecule has 1 aromatic carbocycles. The minimum Gasteiger partial charge on any atom is -0.434 e. The van der Waals surface area contributed by atoms with Crippen molar-refractivity contribution >= 4 is 11.8 Å². The molecule has 0 spiro atoms. The Morgan fingerprint density at radius 2 is 1.89 bits per heavy atom. The summed E-state index contributed by atoms with van der Waals surface area (Å²) in [5.74, 6) is -1.92. The maximum atomic E-state index is 12.7. The first-order valence-corrected chi connectivity index (χ1v) is 8.58. The summed E-state index contributed by atoms with van der Waals surface area (Å²) < 4.78 is 42.9. The van der Waals surface area contributed by atoms with E-state index in [9.17, 15) is 18.0 Å². The fraction of sp³-hybridized carbons (Fsp3) is 0.389. The molecule has 2 aliphatic rings. The Kier molecular flexibility index (Phi) is 4.47. The van der Waals surface area contributed by atoms with Gasteiger partial charge in [0.1, 0.15) is 0 Å². The second-order valence-electron chi connectivity index (χ2n) is 6.67. The van der Waals surface area contributed by atoms with E-state index in [1.165, 1.54) is 0 Å². The van der Waals surface area contributed by atoms with Gasteiger partial charge in [-0.3, -0.25) is 0 Å². The molecule has 2 aromatic rings. The number of carbonyl (C=O) groups excluding carboxylic acids is 1. The van der Waals surface area contributed by atoms with Crippen LogP contribution < -0.4 is 10.2 Å². The van der Waals surface area contributed by atoms with Crippen molar-refractivity contribution in [1.29, 1.82) is 0 Å². The predicted octanol–water partition coefficient (Wildman–Crippen LogP) is 2.23. The Morgan fingerprint density at radius 3 is 2.56 bits per heavy atom. The second kappa shape index (κ2) is 6.80. The van der Waals surface area contributed by atoms with Crippen molar-refractivity contribution < 1.29 is 22.7 Å². The maximum absolute atomic E-state index is 12.7. The Labute approximate surface area is 153 Å². The topological polar surface area (TPSA) is 67.3 Å². The zero-order chi connectivity index (χ0) is 19.0. The van der Waals surface area contributed by atoms with Crippen molar-refractivity contribution in [1.82, 2.24) is 15.5 Å². The molecule has 2 saturated heterocycles. The third-order valence-electron chi connectivity index (χ3n) is 4.97. The van der Waals surface area contributed by atoms with Gasteiger partial charge in [-0.05, 0) is 18.1 Å². The molecule has 9 heteroatoms. The SMILES string of the molecule is O=C(OC1C2CNCC2CN1c1ccc(-c2ccccc2)nn1)C(F)(F)F. The van der Waals surface area contributed by atoms with Crippen molar-refractivity contribution in [3.8, 4) is 11.3 Å². The summed E-state index contributed by atoms with van der Waals surface area (Å²) in [6, 6.07) is 12.9. The van der Waals surface area contributed by atoms with Gasteiger partial charge in [0.05, 0.1) is 5.69 Å². The molecule has 142 valence electrons. The molecule has 27 heavy (non-hydrogen) atoms. The third-order valence-corrected chi connectivity index (χ3v) is 4.97. The zero-order valence-electron chi connectivity index (χ0n) is 14.2. The van der Waals surface area contributed by atoms with E-state index in [2.05, 4.69) is 15.5 Å². The highest BCUT2D eigenvalue weighted by molar-refractivity contribution is 5.76. The minimum atomic E-state index is -5.03. The lowest BCUT2D eigenvalue weighted by atomic mass is 9.99. The Morgan fingerprint density at radius 1 is 1.11 bits per heavy atom. The van der Waals surface area contributed by atoms with E-state index in [4.69, 9.17) is 4.74 Å². The number of anilines is 1. The van der Waals surface area contributed by atoms with Gasteiger partial charge in [-0.2, -0.15) is 13.2 Å². The first-order chi connectivity index (χ1) is 12.9. The maximum Gasteiger partial charge on any atom is 0.491 e. The lowest BCUT2D eigenvalue weighted by Gasteiger charge is -2.28. The van der Waals surface area contributed by atoms with Crippen LogP contribution in [-0.4, -0.2) is 48.2 Å². The molecule has 0 bridgehead atoms. The number of nitrogens with one attached hydrogen (secondary N) is 1. The number of esters is 1. The first-order valence-electron chi connectivity index (χ1n) is 8.58. The van der Waals surface area contributed by atoms with Crippen LogP contribution in [0.5, 0.6) is 0 Å². The van der Waals surface area contributed by atoms with Crippen LogP contribution in [-0.2, 0) is 9.53 Å². The van der Waals surface area contributed by atoms with Gasteiger partial charge in [-0.25, -0.2) is 4.79 Å². The zero-order valence-corrected chi connectivity index (χ0v) is 14.2. The summed E-state index contributed by atoms with van der Waals surface area (Å²) in [6.45, 7) is 1.61. The molecule has 0 saturated carbocycles. The van der Waals surface area contributed by atoms with Gasteiger partial charge < -0.3 is 15.0 Å². The summed E-state index contributed by atoms with van der Waals surface area (Å²) in [6.07, 6.45) is -6.05. The summed E-state index contributed by atoms with van der Waals surface area (Å²) in [5.41, 5.74) is 1.54. The number of rotatable bonds is 3. The fourth-order valence-corrected chi connectivity index (χ4v) is 3.67. The number of hydrogen-bond donors (Lipinski definition) is 1. The minimum absolute atomic E-state index is 0.0895. The molecule has 0 radical (unpaired) electrons. The summed E-state index contributed by atoms with van der Waals surface area (Å²) in [7, 11) is 0. The monoisotopic (exact) mass is 378 g/mol. The summed E-state index contributed by atoms with van der Waals surface area (Å²) in [4.78, 5) is 13.0. The largest absolute Gasteiger partial charge is 0.491 e. The van der Waals surface area contributed by atoms with Gasteiger partial charge in [0.2, 0.25) is 0 Å². The van der Waals surface area contributed by atoms with Gasteiger partial charge in [0.15, 0.2) is 12.0 Å². The highest BCUT2D eigenvalue weighted by Gasteiger charge is 2.51. The number of ether oxygens (including phenoxy) is 1. The first kappa shape index (κ1) is 17.7. The number of halogens is 3. The number of hydrogen-bond acceptors (Lipinski definition) is 6. The number of nitrogens with zero attached hydrogens (tertiary/aromatic N) is 3. The van der Waals surface area contributed by atoms with Crippen molar-refractivity contribution in [3.05, 3.63) is 42.5 Å². The van der Waals surface area contributed by atoms with Crippen LogP contribution in [0.4, 0.5) is 19.0 Å².